The molecule has 0 bridgehead atoms. The van der Waals surface area contributed by atoms with Crippen molar-refractivity contribution in [2.75, 3.05) is 7.11 Å². The second kappa shape index (κ2) is 5.50. The summed E-state index contributed by atoms with van der Waals surface area (Å²) in [7, 11) is 1.55. The molecule has 0 radical (unpaired) electrons. The van der Waals surface area contributed by atoms with Gasteiger partial charge in [0.05, 0.1) is 18.7 Å². The summed E-state index contributed by atoms with van der Waals surface area (Å²) in [6.45, 7) is 1.94. The van der Waals surface area contributed by atoms with E-state index in [1.807, 2.05) is 29.7 Å². The molecule has 0 amide bonds. The van der Waals surface area contributed by atoms with Crippen LogP contribution in [0.15, 0.2) is 24.5 Å². The van der Waals surface area contributed by atoms with Gasteiger partial charge in [0.2, 0.25) is 5.88 Å². The number of nitrogens with zero attached hydrogens (tertiary/aromatic N) is 4. The van der Waals surface area contributed by atoms with Crippen molar-refractivity contribution in [3.8, 4) is 11.6 Å². The summed E-state index contributed by atoms with van der Waals surface area (Å²) in [4.78, 5) is 12.9. The molecule has 0 N–H and O–H groups in total. The highest BCUT2D eigenvalue weighted by Crippen LogP contribution is 2.29. The number of methoxy groups -OCH3 is 1. The van der Waals surface area contributed by atoms with Crippen LogP contribution in [-0.2, 0) is 5.88 Å². The Labute approximate surface area is 131 Å². The van der Waals surface area contributed by atoms with Crippen molar-refractivity contribution in [1.29, 1.82) is 0 Å². The van der Waals surface area contributed by atoms with Crippen molar-refractivity contribution in [2.24, 2.45) is 0 Å². The van der Waals surface area contributed by atoms with Crippen molar-refractivity contribution in [1.82, 2.24) is 19.5 Å². The minimum absolute atomic E-state index is 0.242. The van der Waals surface area contributed by atoms with E-state index in [-0.39, 0.29) is 5.88 Å². The molecule has 3 aromatic rings. The van der Waals surface area contributed by atoms with Gasteiger partial charge in [0.1, 0.15) is 12.2 Å². The first-order chi connectivity index (χ1) is 10.2. The fourth-order valence-corrected chi connectivity index (χ4v) is 2.60. The zero-order valence-electron chi connectivity index (χ0n) is 11.5. The average Bonchev–Trinajstić information content (AvgIpc) is 2.88. The lowest BCUT2D eigenvalue weighted by Gasteiger charge is -2.11. The van der Waals surface area contributed by atoms with Crippen molar-refractivity contribution in [3.63, 3.8) is 0 Å². The third-order valence-electron chi connectivity index (χ3n) is 3.27. The van der Waals surface area contributed by atoms with Gasteiger partial charge in [-0.25, -0.2) is 9.97 Å². The summed E-state index contributed by atoms with van der Waals surface area (Å²) in [6.07, 6.45) is 1.44. The van der Waals surface area contributed by atoms with Gasteiger partial charge >= 0.3 is 0 Å². The maximum Gasteiger partial charge on any atom is 0.245 e. The van der Waals surface area contributed by atoms with Crippen LogP contribution < -0.4 is 4.74 Å². The number of benzene rings is 1. The van der Waals surface area contributed by atoms with Gasteiger partial charge in [0.25, 0.3) is 0 Å². The summed E-state index contributed by atoms with van der Waals surface area (Å²) in [5.74, 6) is 1.33. The number of halogens is 2. The maximum atomic E-state index is 6.21. The molecular formula is C14H12Cl2N4O. The van der Waals surface area contributed by atoms with Crippen LogP contribution in [0, 0.1) is 6.92 Å². The Morgan fingerprint density at radius 3 is 2.81 bits per heavy atom. The van der Waals surface area contributed by atoms with Gasteiger partial charge in [-0.15, -0.1) is 11.6 Å². The molecule has 0 aliphatic carbocycles. The minimum atomic E-state index is 0.242. The fourth-order valence-electron chi connectivity index (χ4n) is 2.25. The van der Waals surface area contributed by atoms with Gasteiger partial charge < -0.3 is 4.74 Å². The van der Waals surface area contributed by atoms with Crippen LogP contribution in [0.2, 0.25) is 5.02 Å². The molecule has 0 spiro atoms. The van der Waals surface area contributed by atoms with Gasteiger partial charge in [-0.05, 0) is 24.6 Å². The highest BCUT2D eigenvalue weighted by molar-refractivity contribution is 6.31. The van der Waals surface area contributed by atoms with Crippen LogP contribution >= 0.6 is 23.2 Å². The number of rotatable bonds is 3. The van der Waals surface area contributed by atoms with Gasteiger partial charge in [-0.3, -0.25) is 4.57 Å². The van der Waals surface area contributed by atoms with Crippen LogP contribution in [0.5, 0.6) is 5.88 Å². The molecule has 3 rings (SSSR count). The van der Waals surface area contributed by atoms with Crippen LogP contribution in [0.3, 0.4) is 0 Å². The predicted molar refractivity (Wildman–Crippen MR) is 82.5 cm³/mol. The molecule has 0 fully saturated rings. The van der Waals surface area contributed by atoms with Gasteiger partial charge in [0, 0.05) is 5.02 Å². The first-order valence-corrected chi connectivity index (χ1v) is 7.16. The molecule has 2 aromatic heterocycles. The molecule has 108 valence electrons. The topological polar surface area (TPSA) is 52.8 Å². The largest absolute Gasteiger partial charge is 0.479 e. The molecule has 2 heterocycles. The molecule has 1 aromatic carbocycles. The molecule has 5 nitrogen and oxygen atoms in total. The normalized spacial score (nSPS) is 11.0. The van der Waals surface area contributed by atoms with E-state index in [1.54, 1.807) is 7.11 Å². The third kappa shape index (κ3) is 2.22. The van der Waals surface area contributed by atoms with E-state index in [0.29, 0.717) is 27.9 Å². The number of fused-ring (bicyclic) bond motifs is 1. The lowest BCUT2D eigenvalue weighted by molar-refractivity contribution is 0.401. The van der Waals surface area contributed by atoms with E-state index in [0.717, 1.165) is 11.3 Å². The molecule has 0 unspecified atom stereocenters. The summed E-state index contributed by atoms with van der Waals surface area (Å²) >= 11 is 12.2. The lowest BCUT2D eigenvalue weighted by Crippen LogP contribution is -2.03. The second-order valence-corrected chi connectivity index (χ2v) is 5.11. The smallest absolute Gasteiger partial charge is 0.245 e. The molecular weight excluding hydrogens is 311 g/mol. The number of hydrogen-bond acceptors (Lipinski definition) is 4. The van der Waals surface area contributed by atoms with E-state index in [9.17, 15) is 0 Å². The van der Waals surface area contributed by atoms with Crippen molar-refractivity contribution in [2.45, 2.75) is 12.8 Å². The standard InChI is InChI=1S/C14H12Cl2N4O/c1-8-9(16)4-3-5-10(8)20-11(6-15)19-12-13(20)17-7-18-14(12)21-2/h3-5,7H,6H2,1-2H3. The zero-order valence-corrected chi connectivity index (χ0v) is 13.0. The quantitative estimate of drug-likeness (QED) is 0.692. The third-order valence-corrected chi connectivity index (χ3v) is 3.92. The lowest BCUT2D eigenvalue weighted by atomic mass is 10.2. The Morgan fingerprint density at radius 2 is 2.10 bits per heavy atom. The Kier molecular flexibility index (Phi) is 3.69. The summed E-state index contributed by atoms with van der Waals surface area (Å²) in [5, 5.41) is 0.677. The molecule has 0 aliphatic heterocycles. The Balaban J connectivity index is 2.38. The highest BCUT2D eigenvalue weighted by Gasteiger charge is 2.18. The highest BCUT2D eigenvalue weighted by atomic mass is 35.5. The fraction of sp³-hybridized carbons (Fsp3) is 0.214. The van der Waals surface area contributed by atoms with Crippen LogP contribution in [-0.4, -0.2) is 26.6 Å². The van der Waals surface area contributed by atoms with Crippen molar-refractivity contribution >= 4 is 34.4 Å². The maximum absolute atomic E-state index is 6.21. The Morgan fingerprint density at radius 1 is 1.29 bits per heavy atom. The number of ether oxygens (including phenoxy) is 1. The van der Waals surface area contributed by atoms with E-state index >= 15 is 0 Å². The molecule has 0 atom stereocenters. The zero-order chi connectivity index (χ0) is 15.0. The number of hydrogen-bond donors (Lipinski definition) is 0. The van der Waals surface area contributed by atoms with E-state index < -0.39 is 0 Å². The molecule has 7 heteroatoms. The predicted octanol–water partition coefficient (Wildman–Crippen LogP) is 3.52. The van der Waals surface area contributed by atoms with Gasteiger partial charge in [0.15, 0.2) is 11.2 Å². The van der Waals surface area contributed by atoms with E-state index in [4.69, 9.17) is 27.9 Å². The molecule has 0 saturated heterocycles. The first kappa shape index (κ1) is 14.1. The number of alkyl halides is 1. The Bertz CT molecular complexity index is 816. The van der Waals surface area contributed by atoms with E-state index in [2.05, 4.69) is 15.0 Å². The summed E-state index contributed by atoms with van der Waals surface area (Å²) < 4.78 is 7.12. The summed E-state index contributed by atoms with van der Waals surface area (Å²) in [5.41, 5.74) is 3.04. The molecule has 0 aliphatic rings. The first-order valence-electron chi connectivity index (χ1n) is 6.25. The van der Waals surface area contributed by atoms with Gasteiger partial charge in [-0.2, -0.15) is 4.98 Å². The SMILES string of the molecule is COc1ncnc2c1nc(CCl)n2-c1cccc(Cl)c1C. The average molecular weight is 323 g/mol. The van der Waals surface area contributed by atoms with Gasteiger partial charge in [-0.1, -0.05) is 17.7 Å². The number of imidazole rings is 1. The van der Waals surface area contributed by atoms with Crippen molar-refractivity contribution in [3.05, 3.63) is 40.9 Å². The van der Waals surface area contributed by atoms with E-state index in [1.165, 1.54) is 6.33 Å². The second-order valence-electron chi connectivity index (χ2n) is 4.44. The minimum Gasteiger partial charge on any atom is -0.479 e. The van der Waals surface area contributed by atoms with Crippen LogP contribution in [0.4, 0.5) is 0 Å². The summed E-state index contributed by atoms with van der Waals surface area (Å²) in [6, 6.07) is 5.68. The van der Waals surface area contributed by atoms with Crippen LogP contribution in [0.25, 0.3) is 16.9 Å². The molecule has 21 heavy (non-hydrogen) atoms. The van der Waals surface area contributed by atoms with Crippen LogP contribution in [0.1, 0.15) is 11.4 Å². The molecule has 0 saturated carbocycles. The van der Waals surface area contributed by atoms with Crippen molar-refractivity contribution < 1.29 is 4.74 Å². The number of aromatic nitrogens is 4. The Hall–Kier alpha value is -1.85. The monoisotopic (exact) mass is 322 g/mol.